The van der Waals surface area contributed by atoms with E-state index in [0.29, 0.717) is 23.9 Å². The quantitative estimate of drug-likeness (QED) is 0.609. The molecule has 2 N–H and O–H groups in total. The maximum atomic E-state index is 14.9. The zero-order valence-electron chi connectivity index (χ0n) is 18.3. The van der Waals surface area contributed by atoms with E-state index in [1.165, 1.54) is 6.07 Å². The van der Waals surface area contributed by atoms with Crippen molar-refractivity contribution in [3.8, 4) is 5.75 Å². The molecule has 0 radical (unpaired) electrons. The van der Waals surface area contributed by atoms with Crippen molar-refractivity contribution in [1.29, 1.82) is 0 Å². The third-order valence-electron chi connectivity index (χ3n) is 6.85. The molecule has 0 spiro atoms. The molecule has 2 aromatic carbocycles. The second-order valence-corrected chi connectivity index (χ2v) is 9.27. The van der Waals surface area contributed by atoms with Crippen molar-refractivity contribution in [1.82, 2.24) is 0 Å². The summed E-state index contributed by atoms with van der Waals surface area (Å²) in [5.41, 5.74) is 0.224. The molecule has 1 unspecified atom stereocenters. The van der Waals surface area contributed by atoms with E-state index >= 15 is 0 Å². The maximum Gasteiger partial charge on any atom is 0.272 e. The Hall–Kier alpha value is -2.64. The van der Waals surface area contributed by atoms with Crippen molar-refractivity contribution in [3.63, 3.8) is 0 Å². The predicted octanol–water partition coefficient (Wildman–Crippen LogP) is 4.35. The topological polar surface area (TPSA) is 76.7 Å². The van der Waals surface area contributed by atoms with Gasteiger partial charge in [-0.1, -0.05) is 35.9 Å². The van der Waals surface area contributed by atoms with Gasteiger partial charge < -0.3 is 20.1 Å². The summed E-state index contributed by atoms with van der Waals surface area (Å²) in [5.74, 6) is 0.0964. The van der Waals surface area contributed by atoms with Gasteiger partial charge >= 0.3 is 0 Å². The van der Waals surface area contributed by atoms with Gasteiger partial charge in [0.25, 0.3) is 10.9 Å². The normalized spacial score (nSPS) is 28.2. The van der Waals surface area contributed by atoms with Crippen LogP contribution in [0.25, 0.3) is 0 Å². The molecule has 2 aromatic rings. The van der Waals surface area contributed by atoms with E-state index < -0.39 is 10.9 Å². The van der Waals surface area contributed by atoms with Crippen molar-refractivity contribution < 1.29 is 13.9 Å². The summed E-state index contributed by atoms with van der Waals surface area (Å²) in [5, 5.41) is 6.83. The molecule has 5 atom stereocenters. The van der Waals surface area contributed by atoms with Crippen LogP contribution in [0.2, 0.25) is 5.02 Å². The van der Waals surface area contributed by atoms with Crippen LogP contribution in [0.15, 0.2) is 46.0 Å². The highest BCUT2D eigenvalue weighted by atomic mass is 35.5. The molecule has 1 fully saturated rings. The van der Waals surface area contributed by atoms with Gasteiger partial charge in [-0.15, -0.1) is 0 Å². The Morgan fingerprint density at radius 3 is 2.85 bits per heavy atom. The fraction of sp³-hybridized carbons (Fsp3) is 0.440. The van der Waals surface area contributed by atoms with Crippen molar-refractivity contribution in [2.24, 2.45) is 11.8 Å². The highest BCUT2D eigenvalue weighted by Gasteiger charge is 2.45. The van der Waals surface area contributed by atoms with Crippen LogP contribution in [0.1, 0.15) is 37.9 Å². The Morgan fingerprint density at radius 2 is 2.09 bits per heavy atom. The van der Waals surface area contributed by atoms with Crippen LogP contribution in [-0.2, 0) is 4.74 Å². The van der Waals surface area contributed by atoms with E-state index in [-0.39, 0.29) is 47.3 Å². The van der Waals surface area contributed by atoms with Crippen LogP contribution in [0.4, 0.5) is 15.8 Å². The number of hydrogen-bond acceptors (Lipinski definition) is 6. The lowest BCUT2D eigenvalue weighted by molar-refractivity contribution is -0.0897. The van der Waals surface area contributed by atoms with Crippen LogP contribution in [0.5, 0.6) is 5.75 Å². The Morgan fingerprint density at radius 1 is 1.24 bits per heavy atom. The standard InChI is InChI=1S/C25H26ClFN2O4/c1-2-32-25-21(22(30)23(25)31)28-12-15-8-9-16-19(13-6-4-3-5-7-13)29-20-17(24(16)33-15)10-14(26)11-18(20)27/h3-6,10-11,13,15-16,19,24,28-29H,2,7-9,12H2,1H3/t13?,15-,16+,19+,24+/m1/s1. The summed E-state index contributed by atoms with van der Waals surface area (Å²) < 4.78 is 26.7. The third kappa shape index (κ3) is 3.97. The number of allylic oxidation sites excluding steroid dienone is 3. The lowest BCUT2D eigenvalue weighted by Crippen LogP contribution is -2.48. The summed E-state index contributed by atoms with van der Waals surface area (Å²) in [7, 11) is 0. The molecule has 5 rings (SSSR count). The van der Waals surface area contributed by atoms with E-state index in [1.807, 2.05) is 12.2 Å². The molecular weight excluding hydrogens is 447 g/mol. The molecule has 1 aliphatic carbocycles. The van der Waals surface area contributed by atoms with Crippen LogP contribution in [0.3, 0.4) is 0 Å². The average Bonchev–Trinajstić information content (AvgIpc) is 2.83. The fourth-order valence-corrected chi connectivity index (χ4v) is 5.51. The first-order chi connectivity index (χ1) is 16.0. The number of nitrogens with one attached hydrogen (secondary N) is 2. The summed E-state index contributed by atoms with van der Waals surface area (Å²) in [6, 6.07) is 3.13. The maximum absolute atomic E-state index is 14.9. The van der Waals surface area contributed by atoms with Crippen molar-refractivity contribution in [3.05, 3.63) is 73.3 Å². The monoisotopic (exact) mass is 472 g/mol. The van der Waals surface area contributed by atoms with Crippen LogP contribution < -0.4 is 26.2 Å². The van der Waals surface area contributed by atoms with E-state index in [9.17, 15) is 14.0 Å². The molecular formula is C25H26ClFN2O4. The van der Waals surface area contributed by atoms with Crippen molar-refractivity contribution in [2.75, 3.05) is 23.8 Å². The molecule has 3 aliphatic rings. The Balaban J connectivity index is 1.38. The van der Waals surface area contributed by atoms with Gasteiger partial charge in [0.05, 0.1) is 24.5 Å². The van der Waals surface area contributed by atoms with Crippen LogP contribution in [-0.4, -0.2) is 25.3 Å². The van der Waals surface area contributed by atoms with Gasteiger partial charge in [-0.25, -0.2) is 4.39 Å². The number of benzene rings is 1. The van der Waals surface area contributed by atoms with Gasteiger partial charge in [-0.05, 0) is 38.3 Å². The zero-order valence-corrected chi connectivity index (χ0v) is 19.0. The Labute approximate surface area is 196 Å². The number of fused-ring (bicyclic) bond motifs is 3. The van der Waals surface area contributed by atoms with E-state index in [4.69, 9.17) is 21.1 Å². The first-order valence-electron chi connectivity index (χ1n) is 11.4. The van der Waals surface area contributed by atoms with Crippen molar-refractivity contribution in [2.45, 2.75) is 44.4 Å². The van der Waals surface area contributed by atoms with Gasteiger partial charge in [0.1, 0.15) is 11.5 Å². The third-order valence-corrected chi connectivity index (χ3v) is 7.07. The number of halogens is 2. The Bertz CT molecular complexity index is 1190. The minimum Gasteiger partial charge on any atom is -0.488 e. The van der Waals surface area contributed by atoms with Gasteiger partial charge in [0.2, 0.25) is 0 Å². The average molecular weight is 473 g/mol. The summed E-state index contributed by atoms with van der Waals surface area (Å²) in [6.07, 6.45) is 10.4. The minimum atomic E-state index is -0.598. The largest absolute Gasteiger partial charge is 0.488 e. The smallest absolute Gasteiger partial charge is 0.272 e. The Kier molecular flexibility index (Phi) is 6.01. The van der Waals surface area contributed by atoms with Crippen LogP contribution in [0, 0.1) is 17.7 Å². The summed E-state index contributed by atoms with van der Waals surface area (Å²) in [4.78, 5) is 23.7. The fourth-order valence-electron chi connectivity index (χ4n) is 5.29. The molecule has 33 heavy (non-hydrogen) atoms. The minimum absolute atomic E-state index is 0.0337. The molecule has 2 aliphatic heterocycles. The van der Waals surface area contributed by atoms with Gasteiger partial charge in [0, 0.05) is 35.0 Å². The molecule has 1 saturated heterocycles. The van der Waals surface area contributed by atoms with Gasteiger partial charge in [-0.2, -0.15) is 0 Å². The molecule has 0 amide bonds. The van der Waals surface area contributed by atoms with E-state index in [2.05, 4.69) is 22.8 Å². The molecule has 0 aromatic heterocycles. The first-order valence-corrected chi connectivity index (χ1v) is 11.8. The van der Waals surface area contributed by atoms with E-state index in [1.54, 1.807) is 13.0 Å². The second-order valence-electron chi connectivity index (χ2n) is 8.83. The number of hydrogen-bond donors (Lipinski definition) is 2. The molecule has 174 valence electrons. The summed E-state index contributed by atoms with van der Waals surface area (Å²) >= 11 is 6.19. The number of rotatable bonds is 6. The number of anilines is 2. The molecule has 0 bridgehead atoms. The highest BCUT2D eigenvalue weighted by molar-refractivity contribution is 6.30. The molecule has 0 saturated carbocycles. The zero-order chi connectivity index (χ0) is 23.1. The lowest BCUT2D eigenvalue weighted by Gasteiger charge is -2.47. The lowest BCUT2D eigenvalue weighted by atomic mass is 9.73. The molecule has 8 heteroatoms. The van der Waals surface area contributed by atoms with Gasteiger partial charge in [0.15, 0.2) is 5.75 Å². The number of ether oxygens (including phenoxy) is 2. The van der Waals surface area contributed by atoms with Crippen molar-refractivity contribution >= 4 is 23.0 Å². The SMILES string of the molecule is CCOc1c(NC[C@H]2CC[C@@H]3[C@H](O2)c2cc(Cl)cc(F)c2N[C@H]3C2C=CC=CC2)c(=O)c1=O. The predicted molar refractivity (Wildman–Crippen MR) is 127 cm³/mol. The first kappa shape index (κ1) is 22.2. The molecule has 2 heterocycles. The highest BCUT2D eigenvalue weighted by Crippen LogP contribution is 2.49. The van der Waals surface area contributed by atoms with Gasteiger partial charge in [-0.3, -0.25) is 9.59 Å². The molecule has 6 nitrogen and oxygen atoms in total. The summed E-state index contributed by atoms with van der Waals surface area (Å²) in [6.45, 7) is 2.43. The van der Waals surface area contributed by atoms with E-state index in [0.717, 1.165) is 24.8 Å². The van der Waals surface area contributed by atoms with Crippen LogP contribution >= 0.6 is 11.6 Å². The second kappa shape index (κ2) is 8.95.